The molecule has 26 heavy (non-hydrogen) atoms. The minimum atomic E-state index is -3.74. The molecule has 0 aliphatic rings. The largest absolute Gasteiger partial charge is 0.468 e. The molecule has 8 heteroatoms. The van der Waals surface area contributed by atoms with Crippen molar-refractivity contribution in [1.29, 1.82) is 0 Å². The van der Waals surface area contributed by atoms with E-state index in [1.165, 1.54) is 23.3 Å². The highest BCUT2D eigenvalue weighted by Gasteiger charge is 2.16. The van der Waals surface area contributed by atoms with Gasteiger partial charge in [0.05, 0.1) is 17.7 Å². The van der Waals surface area contributed by atoms with E-state index in [2.05, 4.69) is 10.0 Å². The molecule has 3 rings (SSSR count). The first-order valence-corrected chi connectivity index (χ1v) is 10.3. The molecule has 136 valence electrons. The van der Waals surface area contributed by atoms with Crippen molar-refractivity contribution in [3.63, 3.8) is 0 Å². The van der Waals surface area contributed by atoms with Crippen molar-refractivity contribution in [2.24, 2.45) is 0 Å². The second-order valence-electron chi connectivity index (χ2n) is 5.52. The van der Waals surface area contributed by atoms with E-state index in [0.29, 0.717) is 17.9 Å². The van der Waals surface area contributed by atoms with Crippen LogP contribution < -0.4 is 10.0 Å². The third-order valence-electron chi connectivity index (χ3n) is 3.66. The Bertz CT molecular complexity index is 949. The SMILES string of the molecule is O=C(NCCc1cccs1)c1cccc(S(=O)(=O)NCc2ccco2)c1. The van der Waals surface area contributed by atoms with E-state index in [-0.39, 0.29) is 17.3 Å². The predicted molar refractivity (Wildman–Crippen MR) is 99.5 cm³/mol. The molecule has 0 spiro atoms. The first-order valence-electron chi connectivity index (χ1n) is 7.97. The van der Waals surface area contributed by atoms with Gasteiger partial charge in [-0.2, -0.15) is 0 Å². The summed E-state index contributed by atoms with van der Waals surface area (Å²) in [6.45, 7) is 0.541. The third-order valence-corrected chi connectivity index (χ3v) is 6.00. The molecule has 0 atom stereocenters. The first kappa shape index (κ1) is 18.4. The van der Waals surface area contributed by atoms with E-state index in [4.69, 9.17) is 4.42 Å². The molecule has 0 saturated carbocycles. The van der Waals surface area contributed by atoms with E-state index in [9.17, 15) is 13.2 Å². The summed E-state index contributed by atoms with van der Waals surface area (Å²) in [6, 6.07) is 13.3. The van der Waals surface area contributed by atoms with Gasteiger partial charge >= 0.3 is 0 Å². The van der Waals surface area contributed by atoms with Gasteiger partial charge in [-0.15, -0.1) is 11.3 Å². The molecule has 3 aromatic rings. The summed E-state index contributed by atoms with van der Waals surface area (Å²) in [5, 5.41) is 4.80. The zero-order valence-corrected chi connectivity index (χ0v) is 15.5. The molecule has 0 radical (unpaired) electrons. The number of amides is 1. The van der Waals surface area contributed by atoms with Gasteiger partial charge in [0.15, 0.2) is 0 Å². The number of sulfonamides is 1. The van der Waals surface area contributed by atoms with Crippen LogP contribution in [0.25, 0.3) is 0 Å². The van der Waals surface area contributed by atoms with Crippen molar-refractivity contribution >= 4 is 27.3 Å². The van der Waals surface area contributed by atoms with Gasteiger partial charge in [0.25, 0.3) is 5.91 Å². The molecule has 1 aromatic carbocycles. The smallest absolute Gasteiger partial charge is 0.251 e. The van der Waals surface area contributed by atoms with Crippen LogP contribution in [0.4, 0.5) is 0 Å². The van der Waals surface area contributed by atoms with Crippen LogP contribution in [0, 0.1) is 0 Å². The van der Waals surface area contributed by atoms with Crippen LogP contribution in [0.3, 0.4) is 0 Å². The number of nitrogens with one attached hydrogen (secondary N) is 2. The van der Waals surface area contributed by atoms with Crippen LogP contribution in [0.5, 0.6) is 0 Å². The van der Waals surface area contributed by atoms with Gasteiger partial charge in [-0.05, 0) is 48.2 Å². The van der Waals surface area contributed by atoms with E-state index in [1.807, 2.05) is 17.5 Å². The van der Waals surface area contributed by atoms with Crippen LogP contribution in [0.15, 0.2) is 69.5 Å². The molecular weight excluding hydrogens is 372 g/mol. The lowest BCUT2D eigenvalue weighted by atomic mass is 10.2. The lowest BCUT2D eigenvalue weighted by molar-refractivity contribution is 0.0954. The van der Waals surface area contributed by atoms with Crippen molar-refractivity contribution in [3.05, 3.63) is 76.4 Å². The third kappa shape index (κ3) is 4.81. The number of carbonyl (C=O) groups is 1. The lowest BCUT2D eigenvalue weighted by Gasteiger charge is -2.08. The van der Waals surface area contributed by atoms with Gasteiger partial charge in [-0.1, -0.05) is 12.1 Å². The van der Waals surface area contributed by atoms with Crippen LogP contribution in [0.1, 0.15) is 21.0 Å². The molecule has 0 aliphatic carbocycles. The zero-order chi connectivity index (χ0) is 18.4. The molecule has 0 aliphatic heterocycles. The average molecular weight is 390 g/mol. The highest BCUT2D eigenvalue weighted by atomic mass is 32.2. The molecule has 6 nitrogen and oxygen atoms in total. The summed E-state index contributed by atoms with van der Waals surface area (Å²) in [6.07, 6.45) is 2.22. The predicted octanol–water partition coefficient (Wildman–Crippen LogP) is 2.79. The van der Waals surface area contributed by atoms with Gasteiger partial charge in [0, 0.05) is 17.0 Å². The fourth-order valence-corrected chi connectivity index (χ4v) is 4.07. The lowest BCUT2D eigenvalue weighted by Crippen LogP contribution is -2.26. The number of thiophene rings is 1. The number of rotatable bonds is 8. The van der Waals surface area contributed by atoms with Crippen molar-refractivity contribution < 1.29 is 17.6 Å². The summed E-state index contributed by atoms with van der Waals surface area (Å²) in [7, 11) is -3.74. The topological polar surface area (TPSA) is 88.4 Å². The highest BCUT2D eigenvalue weighted by Crippen LogP contribution is 2.13. The molecule has 1 amide bonds. The Morgan fingerprint density at radius 2 is 2.00 bits per heavy atom. The van der Waals surface area contributed by atoms with Crippen molar-refractivity contribution in [1.82, 2.24) is 10.0 Å². The van der Waals surface area contributed by atoms with Crippen LogP contribution in [-0.4, -0.2) is 20.9 Å². The van der Waals surface area contributed by atoms with Crippen LogP contribution in [-0.2, 0) is 23.0 Å². The number of benzene rings is 1. The Morgan fingerprint density at radius 3 is 2.73 bits per heavy atom. The Kier molecular flexibility index (Phi) is 5.87. The van der Waals surface area contributed by atoms with Gasteiger partial charge in [0.2, 0.25) is 10.0 Å². The van der Waals surface area contributed by atoms with Gasteiger partial charge < -0.3 is 9.73 Å². The molecule has 2 heterocycles. The highest BCUT2D eigenvalue weighted by molar-refractivity contribution is 7.89. The number of hydrogen-bond donors (Lipinski definition) is 2. The molecule has 0 fully saturated rings. The minimum Gasteiger partial charge on any atom is -0.468 e. The summed E-state index contributed by atoms with van der Waals surface area (Å²) < 4.78 is 32.3. The Balaban J connectivity index is 1.61. The molecule has 0 bridgehead atoms. The Morgan fingerprint density at radius 1 is 1.12 bits per heavy atom. The maximum absolute atomic E-state index is 12.4. The fourth-order valence-electron chi connectivity index (χ4n) is 2.32. The van der Waals surface area contributed by atoms with Crippen LogP contribution in [0.2, 0.25) is 0 Å². The molecule has 2 aromatic heterocycles. The summed E-state index contributed by atoms with van der Waals surface area (Å²) in [4.78, 5) is 13.5. The summed E-state index contributed by atoms with van der Waals surface area (Å²) in [5.41, 5.74) is 0.303. The van der Waals surface area contributed by atoms with Crippen molar-refractivity contribution in [3.8, 4) is 0 Å². The maximum Gasteiger partial charge on any atom is 0.251 e. The van der Waals surface area contributed by atoms with E-state index < -0.39 is 10.0 Å². The zero-order valence-electron chi connectivity index (χ0n) is 13.8. The fraction of sp³-hybridized carbons (Fsp3) is 0.167. The quantitative estimate of drug-likeness (QED) is 0.619. The van der Waals surface area contributed by atoms with Crippen LogP contribution >= 0.6 is 11.3 Å². The van der Waals surface area contributed by atoms with Gasteiger partial charge in [-0.3, -0.25) is 4.79 Å². The number of carbonyl (C=O) groups excluding carboxylic acids is 1. The first-order chi connectivity index (χ1) is 12.5. The molecule has 0 unspecified atom stereocenters. The van der Waals surface area contributed by atoms with Gasteiger partial charge in [0.1, 0.15) is 5.76 Å². The van der Waals surface area contributed by atoms with E-state index in [0.717, 1.165) is 6.42 Å². The molecule has 2 N–H and O–H groups in total. The number of hydrogen-bond acceptors (Lipinski definition) is 5. The maximum atomic E-state index is 12.4. The number of furan rings is 1. The second kappa shape index (κ2) is 8.31. The summed E-state index contributed by atoms with van der Waals surface area (Å²) >= 11 is 1.63. The van der Waals surface area contributed by atoms with E-state index in [1.54, 1.807) is 35.6 Å². The second-order valence-corrected chi connectivity index (χ2v) is 8.32. The minimum absolute atomic E-state index is 0.0370. The summed E-state index contributed by atoms with van der Waals surface area (Å²) in [5.74, 6) is 0.209. The van der Waals surface area contributed by atoms with E-state index >= 15 is 0 Å². The molecule has 0 saturated heterocycles. The Hall–Kier alpha value is -2.42. The Labute approximate surface area is 155 Å². The van der Waals surface area contributed by atoms with Crippen molar-refractivity contribution in [2.75, 3.05) is 6.54 Å². The average Bonchev–Trinajstić information content (AvgIpc) is 3.34. The van der Waals surface area contributed by atoms with Crippen molar-refractivity contribution in [2.45, 2.75) is 17.9 Å². The standard InChI is InChI=1S/C18H18N2O4S2/c21-18(19-9-8-16-6-3-11-25-16)14-4-1-7-17(12-14)26(22,23)20-13-15-5-2-10-24-15/h1-7,10-12,20H,8-9,13H2,(H,19,21). The normalized spacial score (nSPS) is 11.4. The molecular formula is C18H18N2O4S2. The monoisotopic (exact) mass is 390 g/mol. The van der Waals surface area contributed by atoms with Gasteiger partial charge in [-0.25, -0.2) is 13.1 Å².